The van der Waals surface area contributed by atoms with Gasteiger partial charge in [0.25, 0.3) is 0 Å². The third kappa shape index (κ3) is 3.53. The van der Waals surface area contributed by atoms with Crippen LogP contribution in [-0.4, -0.2) is 60.1 Å². The molecule has 0 saturated carbocycles. The molecule has 0 aliphatic carbocycles. The maximum absolute atomic E-state index is 3.50. The van der Waals surface area contributed by atoms with Crippen molar-refractivity contribution < 1.29 is 9.15 Å². The molecule has 0 bridgehead atoms. The molecule has 0 aromatic heterocycles. The lowest BCUT2D eigenvalue weighted by Crippen LogP contribution is -2.40. The van der Waals surface area contributed by atoms with Gasteiger partial charge in [-0.1, -0.05) is 0 Å². The van der Waals surface area contributed by atoms with E-state index in [2.05, 4.69) is 19.8 Å². The lowest BCUT2D eigenvalue weighted by molar-refractivity contribution is -0.534. The van der Waals surface area contributed by atoms with Gasteiger partial charge in [0.2, 0.25) is 11.7 Å². The third-order valence-corrected chi connectivity index (χ3v) is 4.81. The normalized spacial score (nSPS) is 25.6. The molecule has 0 saturated heterocycles. The summed E-state index contributed by atoms with van der Waals surface area (Å²) >= 11 is 0. The van der Waals surface area contributed by atoms with E-state index < -0.39 is 0 Å². The average Bonchev–Trinajstić information content (AvgIpc) is 2.85. The summed E-state index contributed by atoms with van der Waals surface area (Å²) in [4.78, 5) is 0. The largest absolute Gasteiger partial charge is 0.278 e. The van der Waals surface area contributed by atoms with Gasteiger partial charge in [-0.2, -0.15) is 0 Å². The first-order chi connectivity index (χ1) is 9.93. The molecule has 4 nitrogen and oxygen atoms in total. The van der Waals surface area contributed by atoms with Crippen molar-refractivity contribution in [3.8, 4) is 0 Å². The van der Waals surface area contributed by atoms with Crippen LogP contribution in [0.5, 0.6) is 0 Å². The maximum atomic E-state index is 3.50. The van der Waals surface area contributed by atoms with Crippen LogP contribution >= 0.6 is 0 Å². The highest BCUT2D eigenvalue weighted by Crippen LogP contribution is 2.08. The zero-order valence-corrected chi connectivity index (χ0v) is 12.8. The summed E-state index contributed by atoms with van der Waals surface area (Å²) in [5, 5.41) is 6.93. The molecule has 4 heterocycles. The van der Waals surface area contributed by atoms with E-state index in [0.29, 0.717) is 0 Å². The molecule has 0 radical (unpaired) electrons. The Morgan fingerprint density at radius 1 is 0.550 bits per heavy atom. The molecule has 0 aromatic rings. The molecule has 0 unspecified atom stereocenters. The van der Waals surface area contributed by atoms with Crippen molar-refractivity contribution in [1.82, 2.24) is 10.6 Å². The number of hydrogen-bond donors (Lipinski definition) is 2. The van der Waals surface area contributed by atoms with Crippen LogP contribution in [0.1, 0.15) is 51.4 Å². The Morgan fingerprint density at radius 2 is 1.10 bits per heavy atom. The van der Waals surface area contributed by atoms with Crippen LogP contribution in [0.3, 0.4) is 0 Å². The monoisotopic (exact) mass is 278 g/mol. The SMILES string of the molecule is C1CCC2=[N+](CC1)CCCN2.C1CNC2=[N+](C1)CCC2. The summed E-state index contributed by atoms with van der Waals surface area (Å²) < 4.78 is 5.01. The second-order valence-corrected chi connectivity index (χ2v) is 6.34. The van der Waals surface area contributed by atoms with Gasteiger partial charge in [0.15, 0.2) is 0 Å². The quantitative estimate of drug-likeness (QED) is 0.651. The van der Waals surface area contributed by atoms with E-state index in [4.69, 9.17) is 0 Å². The highest BCUT2D eigenvalue weighted by molar-refractivity contribution is 5.78. The number of nitrogens with zero attached hydrogens (tertiary/aromatic N) is 2. The minimum atomic E-state index is 1.20. The highest BCUT2D eigenvalue weighted by Gasteiger charge is 2.22. The van der Waals surface area contributed by atoms with E-state index in [0.717, 1.165) is 0 Å². The summed E-state index contributed by atoms with van der Waals surface area (Å²) in [5.74, 6) is 3.02. The van der Waals surface area contributed by atoms with Crippen LogP contribution in [0.4, 0.5) is 0 Å². The first-order valence-electron chi connectivity index (χ1n) is 8.63. The third-order valence-electron chi connectivity index (χ3n) is 4.81. The van der Waals surface area contributed by atoms with Crippen molar-refractivity contribution >= 4 is 11.7 Å². The van der Waals surface area contributed by atoms with E-state index in [-0.39, 0.29) is 0 Å². The van der Waals surface area contributed by atoms with Crippen LogP contribution < -0.4 is 10.6 Å². The fraction of sp³-hybridized carbons (Fsp3) is 0.875. The van der Waals surface area contributed by atoms with Gasteiger partial charge in [-0.3, -0.25) is 19.8 Å². The Labute approximate surface area is 123 Å². The van der Waals surface area contributed by atoms with Gasteiger partial charge in [0.05, 0.1) is 45.7 Å². The standard InChI is InChI=1S/C9H16N2.C7H12N2/c1-2-5-9-10-6-4-8-11(9)7-3-1;1-3-7-8-4-2-6-9(7)5-1/h1-8H2;1-6H2/p+2. The van der Waals surface area contributed by atoms with Crippen LogP contribution in [0.15, 0.2) is 0 Å². The van der Waals surface area contributed by atoms with E-state index in [1.807, 2.05) is 0 Å². The predicted molar refractivity (Wildman–Crippen MR) is 82.9 cm³/mol. The number of hydrogen-bond acceptors (Lipinski definition) is 2. The maximum Gasteiger partial charge on any atom is 0.244 e. The molecule has 0 amide bonds. The zero-order valence-electron chi connectivity index (χ0n) is 12.8. The molecule has 2 N–H and O–H groups in total. The first kappa shape index (κ1) is 13.9. The van der Waals surface area contributed by atoms with E-state index >= 15 is 0 Å². The topological polar surface area (TPSA) is 30.1 Å². The predicted octanol–water partition coefficient (Wildman–Crippen LogP) is 1.15. The highest BCUT2D eigenvalue weighted by atomic mass is 15.2. The second kappa shape index (κ2) is 7.09. The van der Waals surface area contributed by atoms with Crippen molar-refractivity contribution in [2.45, 2.75) is 51.4 Å². The van der Waals surface area contributed by atoms with Crippen molar-refractivity contribution in [1.29, 1.82) is 0 Å². The first-order valence-corrected chi connectivity index (χ1v) is 8.63. The smallest absolute Gasteiger partial charge is 0.244 e. The van der Waals surface area contributed by atoms with Gasteiger partial charge >= 0.3 is 0 Å². The zero-order chi connectivity index (χ0) is 13.6. The molecule has 4 aliphatic heterocycles. The minimum Gasteiger partial charge on any atom is -0.278 e. The Bertz CT molecular complexity index is 363. The Balaban J connectivity index is 0.000000123. The van der Waals surface area contributed by atoms with Crippen LogP contribution in [0.2, 0.25) is 0 Å². The number of nitrogens with one attached hydrogen (secondary N) is 2. The van der Waals surface area contributed by atoms with Crippen LogP contribution in [-0.2, 0) is 0 Å². The van der Waals surface area contributed by atoms with Crippen LogP contribution in [0.25, 0.3) is 0 Å². The molecule has 4 rings (SSSR count). The molecule has 20 heavy (non-hydrogen) atoms. The molecule has 4 aliphatic rings. The van der Waals surface area contributed by atoms with Gasteiger partial charge in [-0.25, -0.2) is 0 Å². The van der Waals surface area contributed by atoms with Gasteiger partial charge in [0, 0.05) is 19.3 Å². The Morgan fingerprint density at radius 3 is 1.80 bits per heavy atom. The molecule has 112 valence electrons. The fourth-order valence-electron chi connectivity index (χ4n) is 3.69. The summed E-state index contributed by atoms with van der Waals surface area (Å²) in [6.45, 7) is 7.58. The van der Waals surface area contributed by atoms with Gasteiger partial charge < -0.3 is 0 Å². The lowest BCUT2D eigenvalue weighted by Gasteiger charge is -2.14. The molecule has 0 atom stereocenters. The summed E-state index contributed by atoms with van der Waals surface area (Å²) in [5.41, 5.74) is 0. The number of amidine groups is 2. The molecule has 0 fully saturated rings. The van der Waals surface area contributed by atoms with Gasteiger partial charge in [-0.05, 0) is 25.7 Å². The Kier molecular flexibility index (Phi) is 4.93. The fourth-order valence-corrected chi connectivity index (χ4v) is 3.69. The van der Waals surface area contributed by atoms with Crippen molar-refractivity contribution in [2.75, 3.05) is 39.3 Å². The van der Waals surface area contributed by atoms with E-state index in [1.165, 1.54) is 102 Å². The van der Waals surface area contributed by atoms with Crippen molar-refractivity contribution in [2.24, 2.45) is 0 Å². The lowest BCUT2D eigenvalue weighted by atomic mass is 10.2. The molecule has 0 aromatic carbocycles. The van der Waals surface area contributed by atoms with E-state index in [9.17, 15) is 0 Å². The number of rotatable bonds is 0. The van der Waals surface area contributed by atoms with Crippen molar-refractivity contribution in [3.05, 3.63) is 0 Å². The summed E-state index contributed by atoms with van der Waals surface area (Å²) in [7, 11) is 0. The molecular formula is C16H30N4+2. The Hall–Kier alpha value is -1.06. The van der Waals surface area contributed by atoms with Crippen molar-refractivity contribution in [3.63, 3.8) is 0 Å². The summed E-state index contributed by atoms with van der Waals surface area (Å²) in [6.07, 6.45) is 10.8. The summed E-state index contributed by atoms with van der Waals surface area (Å²) in [6, 6.07) is 0. The van der Waals surface area contributed by atoms with Gasteiger partial charge in [-0.15, -0.1) is 0 Å². The molecule has 4 heteroatoms. The van der Waals surface area contributed by atoms with Gasteiger partial charge in [0.1, 0.15) is 0 Å². The molecular weight excluding hydrogens is 248 g/mol. The molecule has 0 spiro atoms. The second-order valence-electron chi connectivity index (χ2n) is 6.34. The minimum absolute atomic E-state index is 1.20. The average molecular weight is 278 g/mol. The van der Waals surface area contributed by atoms with Crippen LogP contribution in [0, 0.1) is 0 Å². The van der Waals surface area contributed by atoms with E-state index in [1.54, 1.807) is 0 Å².